The van der Waals surface area contributed by atoms with E-state index >= 15 is 0 Å². The molecule has 0 aromatic heterocycles. The molecule has 2 aromatic rings. The second-order valence-corrected chi connectivity index (χ2v) is 5.22. The van der Waals surface area contributed by atoms with Crippen LogP contribution in [0.25, 0.3) is 0 Å². The number of methoxy groups -OCH3 is 1. The van der Waals surface area contributed by atoms with Gasteiger partial charge in [0.1, 0.15) is 11.6 Å². The van der Waals surface area contributed by atoms with E-state index in [0.29, 0.717) is 17.0 Å². The van der Waals surface area contributed by atoms with Crippen LogP contribution in [-0.4, -0.2) is 18.2 Å². The molecular formula is C15H13BrFNO3. The van der Waals surface area contributed by atoms with Gasteiger partial charge < -0.3 is 15.2 Å². The molecule has 1 atom stereocenters. The molecule has 0 bridgehead atoms. The zero-order valence-corrected chi connectivity index (χ0v) is 12.7. The quantitative estimate of drug-likeness (QED) is 0.857. The Balaban J connectivity index is 2.37. The summed E-state index contributed by atoms with van der Waals surface area (Å²) in [7, 11) is 1.48. The van der Waals surface area contributed by atoms with Gasteiger partial charge in [0.2, 0.25) is 0 Å². The van der Waals surface area contributed by atoms with Crippen molar-refractivity contribution in [2.45, 2.75) is 6.04 Å². The van der Waals surface area contributed by atoms with E-state index in [2.05, 4.69) is 21.2 Å². The van der Waals surface area contributed by atoms with E-state index in [1.54, 1.807) is 18.2 Å². The number of benzene rings is 2. The molecule has 0 aliphatic carbocycles. The monoisotopic (exact) mass is 353 g/mol. The normalized spacial score (nSPS) is 11.8. The van der Waals surface area contributed by atoms with E-state index in [0.717, 1.165) is 4.47 Å². The molecule has 2 aromatic carbocycles. The van der Waals surface area contributed by atoms with E-state index in [-0.39, 0.29) is 5.82 Å². The van der Waals surface area contributed by atoms with Crippen molar-refractivity contribution in [1.29, 1.82) is 0 Å². The fourth-order valence-electron chi connectivity index (χ4n) is 1.92. The average molecular weight is 354 g/mol. The summed E-state index contributed by atoms with van der Waals surface area (Å²) in [6.07, 6.45) is 0. The highest BCUT2D eigenvalue weighted by molar-refractivity contribution is 9.10. The van der Waals surface area contributed by atoms with Gasteiger partial charge in [-0.3, -0.25) is 0 Å². The van der Waals surface area contributed by atoms with Gasteiger partial charge in [-0.25, -0.2) is 9.18 Å². The highest BCUT2D eigenvalue weighted by atomic mass is 79.9. The number of hydrogen-bond donors (Lipinski definition) is 2. The van der Waals surface area contributed by atoms with Crippen LogP contribution in [0.4, 0.5) is 10.1 Å². The van der Waals surface area contributed by atoms with Crippen LogP contribution in [0.5, 0.6) is 5.75 Å². The Hall–Kier alpha value is -2.08. The van der Waals surface area contributed by atoms with E-state index in [9.17, 15) is 14.3 Å². The zero-order chi connectivity index (χ0) is 15.4. The first-order valence-electron chi connectivity index (χ1n) is 6.09. The maximum Gasteiger partial charge on any atom is 0.330 e. The third kappa shape index (κ3) is 3.72. The second kappa shape index (κ2) is 6.58. The number of ether oxygens (including phenoxy) is 1. The van der Waals surface area contributed by atoms with Gasteiger partial charge >= 0.3 is 5.97 Å². The summed E-state index contributed by atoms with van der Waals surface area (Å²) >= 11 is 3.31. The van der Waals surface area contributed by atoms with Gasteiger partial charge in [0.25, 0.3) is 0 Å². The van der Waals surface area contributed by atoms with Crippen LogP contribution in [0, 0.1) is 5.82 Å². The summed E-state index contributed by atoms with van der Waals surface area (Å²) in [6.45, 7) is 0. The fraction of sp³-hybridized carbons (Fsp3) is 0.133. The number of aliphatic carboxylic acids is 1. The summed E-state index contributed by atoms with van der Waals surface area (Å²) in [5, 5.41) is 12.3. The summed E-state index contributed by atoms with van der Waals surface area (Å²) in [4.78, 5) is 11.5. The van der Waals surface area contributed by atoms with Gasteiger partial charge in [-0.2, -0.15) is 0 Å². The number of rotatable bonds is 5. The molecule has 0 radical (unpaired) electrons. The molecule has 2 rings (SSSR count). The van der Waals surface area contributed by atoms with Gasteiger partial charge in [-0.05, 0) is 42.5 Å². The Morgan fingerprint density at radius 2 is 1.95 bits per heavy atom. The summed E-state index contributed by atoms with van der Waals surface area (Å²) < 4.78 is 18.9. The van der Waals surface area contributed by atoms with Crippen molar-refractivity contribution in [3.8, 4) is 5.75 Å². The van der Waals surface area contributed by atoms with Gasteiger partial charge in [-0.15, -0.1) is 0 Å². The third-order valence-electron chi connectivity index (χ3n) is 2.90. The second-order valence-electron chi connectivity index (χ2n) is 4.31. The lowest BCUT2D eigenvalue weighted by molar-refractivity contribution is -0.138. The molecule has 1 unspecified atom stereocenters. The smallest absolute Gasteiger partial charge is 0.330 e. The summed E-state index contributed by atoms with van der Waals surface area (Å²) in [6, 6.07) is 9.60. The van der Waals surface area contributed by atoms with Crippen molar-refractivity contribution >= 4 is 27.6 Å². The molecule has 6 heteroatoms. The molecule has 0 aliphatic heterocycles. The van der Waals surface area contributed by atoms with Crippen LogP contribution in [0.1, 0.15) is 11.6 Å². The lowest BCUT2D eigenvalue weighted by Crippen LogP contribution is -2.21. The molecule has 0 fully saturated rings. The lowest BCUT2D eigenvalue weighted by atomic mass is 10.1. The average Bonchev–Trinajstić information content (AvgIpc) is 2.46. The molecule has 110 valence electrons. The predicted octanol–water partition coefficient (Wildman–Crippen LogP) is 3.83. The Labute approximate surface area is 129 Å². The number of carboxylic acid groups (broad SMARTS) is 1. The standard InChI is InChI=1S/C15H13BrFNO3/c1-21-13-7-2-9(16)8-12(13)14(15(19)20)18-11-5-3-10(17)4-6-11/h2-8,14,18H,1H3,(H,19,20). The Bertz CT molecular complexity index is 646. The SMILES string of the molecule is COc1ccc(Br)cc1C(Nc1ccc(F)cc1)C(=O)O. The van der Waals surface area contributed by atoms with Crippen LogP contribution in [0.15, 0.2) is 46.9 Å². The maximum atomic E-state index is 12.9. The summed E-state index contributed by atoms with van der Waals surface area (Å²) in [5.41, 5.74) is 0.981. The minimum absolute atomic E-state index is 0.382. The van der Waals surface area contributed by atoms with Gasteiger partial charge in [0, 0.05) is 15.7 Å². The number of hydrogen-bond acceptors (Lipinski definition) is 3. The van der Waals surface area contributed by atoms with Crippen LogP contribution in [-0.2, 0) is 4.79 Å². The van der Waals surface area contributed by atoms with Crippen LogP contribution in [0.2, 0.25) is 0 Å². The number of nitrogens with one attached hydrogen (secondary N) is 1. The summed E-state index contributed by atoms with van der Waals surface area (Å²) in [5.74, 6) is -0.983. The zero-order valence-electron chi connectivity index (χ0n) is 11.1. The van der Waals surface area contributed by atoms with Crippen LogP contribution in [0.3, 0.4) is 0 Å². The number of halogens is 2. The first-order chi connectivity index (χ1) is 10.0. The molecule has 0 heterocycles. The molecule has 0 saturated carbocycles. The highest BCUT2D eigenvalue weighted by Crippen LogP contribution is 2.31. The molecule has 21 heavy (non-hydrogen) atoms. The predicted molar refractivity (Wildman–Crippen MR) is 81.1 cm³/mol. The first-order valence-corrected chi connectivity index (χ1v) is 6.89. The fourth-order valence-corrected chi connectivity index (χ4v) is 2.29. The van der Waals surface area contributed by atoms with Crippen molar-refractivity contribution in [2.75, 3.05) is 12.4 Å². The largest absolute Gasteiger partial charge is 0.496 e. The van der Waals surface area contributed by atoms with Crippen molar-refractivity contribution in [3.63, 3.8) is 0 Å². The molecule has 2 N–H and O–H groups in total. The molecule has 0 saturated heterocycles. The van der Waals surface area contributed by atoms with Crippen LogP contribution < -0.4 is 10.1 Å². The molecule has 4 nitrogen and oxygen atoms in total. The minimum atomic E-state index is -1.06. The molecule has 0 amide bonds. The van der Waals surface area contributed by atoms with Gasteiger partial charge in [0.05, 0.1) is 7.11 Å². The van der Waals surface area contributed by atoms with E-state index in [1.165, 1.54) is 31.4 Å². The number of carbonyl (C=O) groups is 1. The van der Waals surface area contributed by atoms with Gasteiger partial charge in [-0.1, -0.05) is 15.9 Å². The molecular weight excluding hydrogens is 341 g/mol. The van der Waals surface area contributed by atoms with Crippen molar-refractivity contribution in [1.82, 2.24) is 0 Å². The van der Waals surface area contributed by atoms with Crippen LogP contribution >= 0.6 is 15.9 Å². The Morgan fingerprint density at radius 3 is 2.52 bits per heavy atom. The van der Waals surface area contributed by atoms with E-state index < -0.39 is 12.0 Å². The van der Waals surface area contributed by atoms with E-state index in [4.69, 9.17) is 4.74 Å². The van der Waals surface area contributed by atoms with Crippen molar-refractivity contribution in [2.24, 2.45) is 0 Å². The van der Waals surface area contributed by atoms with E-state index in [1.807, 2.05) is 0 Å². The van der Waals surface area contributed by atoms with Crippen molar-refractivity contribution < 1.29 is 19.0 Å². The Kier molecular flexibility index (Phi) is 4.80. The third-order valence-corrected chi connectivity index (χ3v) is 3.40. The maximum absolute atomic E-state index is 12.9. The molecule has 0 spiro atoms. The number of anilines is 1. The minimum Gasteiger partial charge on any atom is -0.496 e. The molecule has 0 aliphatic rings. The highest BCUT2D eigenvalue weighted by Gasteiger charge is 2.23. The van der Waals surface area contributed by atoms with Gasteiger partial charge in [0.15, 0.2) is 6.04 Å². The topological polar surface area (TPSA) is 58.6 Å². The first kappa shape index (κ1) is 15.3. The lowest BCUT2D eigenvalue weighted by Gasteiger charge is -2.19. The van der Waals surface area contributed by atoms with Crippen molar-refractivity contribution in [3.05, 3.63) is 58.3 Å². The number of carboxylic acids is 1. The Morgan fingerprint density at radius 1 is 1.29 bits per heavy atom.